The van der Waals surface area contributed by atoms with Crippen LogP contribution in [0.3, 0.4) is 0 Å². The normalized spacial score (nSPS) is 11.6. The van der Waals surface area contributed by atoms with Gasteiger partial charge in [0.15, 0.2) is 11.5 Å². The lowest BCUT2D eigenvalue weighted by atomic mass is 10.1. The average molecular weight is 599 g/mol. The van der Waals surface area contributed by atoms with Crippen molar-refractivity contribution in [3.63, 3.8) is 0 Å². The minimum absolute atomic E-state index is 0.0135. The first kappa shape index (κ1) is 24.1. The average Bonchev–Trinajstić information content (AvgIpc) is 3.23. The van der Waals surface area contributed by atoms with Gasteiger partial charge >= 0.3 is 6.18 Å². The lowest BCUT2D eigenvalue weighted by molar-refractivity contribution is -0.138. The smallest absolute Gasteiger partial charge is 0.416 e. The molecule has 0 radical (unpaired) electrons. The largest absolute Gasteiger partial charge is 0.493 e. The number of alkyl halides is 3. The molecule has 0 spiro atoms. The molecule has 0 fully saturated rings. The molecule has 176 valence electrons. The van der Waals surface area contributed by atoms with Crippen molar-refractivity contribution in [1.29, 1.82) is 0 Å². The van der Waals surface area contributed by atoms with E-state index in [1.54, 1.807) is 24.3 Å². The minimum atomic E-state index is -4.50. The van der Waals surface area contributed by atoms with Crippen LogP contribution in [0.25, 0.3) is 22.4 Å². The Hall–Kier alpha value is -3.05. The number of carbonyl (C=O) groups is 1. The molecule has 0 saturated carbocycles. The van der Waals surface area contributed by atoms with Crippen LogP contribution in [0.1, 0.15) is 21.5 Å². The fraction of sp³-hybridized carbons (Fsp3) is 0.130. The van der Waals surface area contributed by atoms with Gasteiger partial charge in [0.2, 0.25) is 0 Å². The number of nitrogens with zero attached hydrogens (tertiary/aromatic N) is 1. The highest BCUT2D eigenvalue weighted by molar-refractivity contribution is 9.13. The zero-order valence-corrected chi connectivity index (χ0v) is 20.6. The Bertz CT molecular complexity index is 1400. The van der Waals surface area contributed by atoms with Crippen LogP contribution in [-0.2, 0) is 12.8 Å². The number of H-pyrrole nitrogens is 1. The second-order valence-electron chi connectivity index (χ2n) is 7.18. The van der Waals surface area contributed by atoms with Crippen LogP contribution in [0.4, 0.5) is 13.2 Å². The predicted octanol–water partition coefficient (Wildman–Crippen LogP) is 6.46. The van der Waals surface area contributed by atoms with E-state index in [0.717, 1.165) is 6.07 Å². The van der Waals surface area contributed by atoms with Gasteiger partial charge < -0.3 is 20.2 Å². The maximum atomic E-state index is 13.3. The number of aromatic nitrogens is 2. The highest BCUT2D eigenvalue weighted by atomic mass is 79.9. The van der Waals surface area contributed by atoms with Crippen LogP contribution >= 0.6 is 31.9 Å². The number of aromatic amines is 1. The Balaban J connectivity index is 1.74. The Morgan fingerprint density at radius 3 is 2.53 bits per heavy atom. The van der Waals surface area contributed by atoms with Crippen molar-refractivity contribution in [2.45, 2.75) is 12.8 Å². The van der Waals surface area contributed by atoms with E-state index < -0.39 is 17.6 Å². The molecule has 0 aliphatic heterocycles. The van der Waals surface area contributed by atoms with E-state index in [9.17, 15) is 18.0 Å². The minimum Gasteiger partial charge on any atom is -0.493 e. The highest BCUT2D eigenvalue weighted by Crippen LogP contribution is 2.46. The number of hydrogen-bond acceptors (Lipinski definition) is 4. The molecule has 6 nitrogen and oxygen atoms in total. The number of ether oxygens (including phenoxy) is 2. The molecule has 34 heavy (non-hydrogen) atoms. The number of hydrogen-bond donors (Lipinski definition) is 2. The van der Waals surface area contributed by atoms with E-state index in [1.165, 1.54) is 25.3 Å². The standard InChI is InChI=1S/C23H16Br2F3N3O3/c1-33-16-9-13(22-30-15-8-4-6-12(21(29)32)19(15)31-22)17(24)18(25)20(16)34-10-11-5-2-3-7-14(11)23(26,27)28/h2-9H,10H2,1H3,(H2,29,32)(H,30,31). The Morgan fingerprint density at radius 1 is 1.12 bits per heavy atom. The number of amides is 1. The fourth-order valence-corrected chi connectivity index (χ4v) is 4.48. The van der Waals surface area contributed by atoms with Gasteiger partial charge in [-0.1, -0.05) is 24.3 Å². The van der Waals surface area contributed by atoms with Gasteiger partial charge in [0.05, 0.1) is 28.2 Å². The number of carbonyl (C=O) groups excluding carboxylic acids is 1. The third-order valence-electron chi connectivity index (χ3n) is 5.08. The van der Waals surface area contributed by atoms with E-state index in [2.05, 4.69) is 41.8 Å². The Morgan fingerprint density at radius 2 is 1.85 bits per heavy atom. The zero-order chi connectivity index (χ0) is 24.6. The van der Waals surface area contributed by atoms with E-state index in [4.69, 9.17) is 15.2 Å². The van der Waals surface area contributed by atoms with Crippen molar-refractivity contribution in [3.8, 4) is 22.9 Å². The third kappa shape index (κ3) is 4.49. The summed E-state index contributed by atoms with van der Waals surface area (Å²) in [5, 5.41) is 0. The quantitative estimate of drug-likeness (QED) is 0.266. The molecule has 1 heterocycles. The molecule has 1 aromatic heterocycles. The number of para-hydroxylation sites is 1. The molecule has 3 N–H and O–H groups in total. The molecule has 0 saturated heterocycles. The van der Waals surface area contributed by atoms with Gasteiger partial charge in [0.25, 0.3) is 5.91 Å². The monoisotopic (exact) mass is 597 g/mol. The molecule has 11 heteroatoms. The number of rotatable bonds is 6. The Kier molecular flexibility index (Phi) is 6.59. The summed E-state index contributed by atoms with van der Waals surface area (Å²) in [6.45, 7) is -0.330. The van der Waals surface area contributed by atoms with E-state index in [-0.39, 0.29) is 29.2 Å². The second kappa shape index (κ2) is 9.30. The summed E-state index contributed by atoms with van der Waals surface area (Å²) in [4.78, 5) is 19.4. The number of primary amides is 1. The molecular weight excluding hydrogens is 583 g/mol. The number of nitrogens with two attached hydrogens (primary N) is 1. The number of fused-ring (bicyclic) bond motifs is 1. The van der Waals surface area contributed by atoms with Crippen molar-refractivity contribution >= 4 is 48.8 Å². The number of imidazole rings is 1. The van der Waals surface area contributed by atoms with Crippen molar-refractivity contribution in [3.05, 3.63) is 74.2 Å². The second-order valence-corrected chi connectivity index (χ2v) is 8.76. The van der Waals surface area contributed by atoms with Crippen LogP contribution in [-0.4, -0.2) is 23.0 Å². The van der Waals surface area contributed by atoms with Crippen molar-refractivity contribution in [1.82, 2.24) is 9.97 Å². The summed E-state index contributed by atoms with van der Waals surface area (Å²) < 4.78 is 52.2. The first-order chi connectivity index (χ1) is 16.1. The van der Waals surface area contributed by atoms with Crippen LogP contribution in [0.15, 0.2) is 57.5 Å². The van der Waals surface area contributed by atoms with Crippen molar-refractivity contribution in [2.24, 2.45) is 5.73 Å². The number of nitrogens with one attached hydrogen (secondary N) is 1. The molecule has 0 aliphatic carbocycles. The van der Waals surface area contributed by atoms with Gasteiger partial charge in [-0.3, -0.25) is 4.79 Å². The lowest BCUT2D eigenvalue weighted by Gasteiger charge is -2.17. The molecule has 0 aliphatic rings. The van der Waals surface area contributed by atoms with Crippen molar-refractivity contribution in [2.75, 3.05) is 7.11 Å². The van der Waals surface area contributed by atoms with Crippen LogP contribution in [0, 0.1) is 0 Å². The molecule has 0 bridgehead atoms. The van der Waals surface area contributed by atoms with E-state index in [0.29, 0.717) is 31.4 Å². The first-order valence-corrected chi connectivity index (χ1v) is 11.3. The summed E-state index contributed by atoms with van der Waals surface area (Å²) in [6.07, 6.45) is -4.50. The van der Waals surface area contributed by atoms with Crippen LogP contribution < -0.4 is 15.2 Å². The molecule has 0 unspecified atom stereocenters. The lowest BCUT2D eigenvalue weighted by Crippen LogP contribution is -2.11. The molecular formula is C23H16Br2F3N3O3. The summed E-state index contributed by atoms with van der Waals surface area (Å²) in [7, 11) is 1.42. The molecule has 4 aromatic rings. The van der Waals surface area contributed by atoms with E-state index in [1.807, 2.05) is 0 Å². The third-order valence-corrected chi connectivity index (χ3v) is 7.19. The van der Waals surface area contributed by atoms with Gasteiger partial charge in [-0.2, -0.15) is 13.2 Å². The van der Waals surface area contributed by atoms with Gasteiger partial charge in [-0.15, -0.1) is 0 Å². The maximum absolute atomic E-state index is 13.3. The van der Waals surface area contributed by atoms with Crippen LogP contribution in [0.5, 0.6) is 11.5 Å². The zero-order valence-electron chi connectivity index (χ0n) is 17.5. The number of halogens is 5. The summed E-state index contributed by atoms with van der Waals surface area (Å²) >= 11 is 6.94. The Labute approximate surface area is 208 Å². The summed E-state index contributed by atoms with van der Waals surface area (Å²) in [5.41, 5.74) is 6.52. The number of benzene rings is 3. The van der Waals surface area contributed by atoms with Crippen molar-refractivity contribution < 1.29 is 27.4 Å². The maximum Gasteiger partial charge on any atom is 0.416 e. The summed E-state index contributed by atoms with van der Waals surface area (Å²) in [5.74, 6) is 0.294. The molecule has 3 aromatic carbocycles. The highest BCUT2D eigenvalue weighted by Gasteiger charge is 2.33. The molecule has 1 amide bonds. The van der Waals surface area contributed by atoms with E-state index >= 15 is 0 Å². The molecule has 4 rings (SSSR count). The van der Waals surface area contributed by atoms with Gasteiger partial charge in [-0.05, 0) is 56.1 Å². The van der Waals surface area contributed by atoms with Crippen LogP contribution in [0.2, 0.25) is 0 Å². The predicted molar refractivity (Wildman–Crippen MR) is 128 cm³/mol. The number of methoxy groups -OCH3 is 1. The van der Waals surface area contributed by atoms with Gasteiger partial charge in [0, 0.05) is 15.6 Å². The summed E-state index contributed by atoms with van der Waals surface area (Å²) in [6, 6.07) is 11.9. The first-order valence-electron chi connectivity index (χ1n) is 9.74. The molecule has 0 atom stereocenters. The topological polar surface area (TPSA) is 90.2 Å². The fourth-order valence-electron chi connectivity index (χ4n) is 3.48. The SMILES string of the molecule is COc1cc(-c2nc3c(C(N)=O)cccc3[nH]2)c(Br)c(Br)c1OCc1ccccc1C(F)(F)F. The van der Waals surface area contributed by atoms with Gasteiger partial charge in [-0.25, -0.2) is 4.98 Å². The van der Waals surface area contributed by atoms with Gasteiger partial charge in [0.1, 0.15) is 17.9 Å².